The highest BCUT2D eigenvalue weighted by Gasteiger charge is 2.38. The number of nitriles is 1. The third-order valence-electron chi connectivity index (χ3n) is 4.39. The molecule has 1 unspecified atom stereocenters. The molecule has 0 aliphatic rings. The molecule has 1 amide bonds. The Balaban J connectivity index is 0.000000738. The van der Waals surface area contributed by atoms with Crippen molar-refractivity contribution < 1.29 is 55.7 Å². The van der Waals surface area contributed by atoms with Crippen LogP contribution in [0.25, 0.3) is 0 Å². The van der Waals surface area contributed by atoms with E-state index in [1.807, 2.05) is 5.32 Å². The lowest BCUT2D eigenvalue weighted by Gasteiger charge is -2.22. The molecule has 200 valence electrons. The molecule has 0 saturated carbocycles. The van der Waals surface area contributed by atoms with Crippen LogP contribution in [0.5, 0.6) is 0 Å². The fraction of sp³-hybridized carbons (Fsp3) is 0.273. The smallest absolute Gasteiger partial charge is 0.417 e. The molecule has 1 atom stereocenters. The Kier molecular flexibility index (Phi) is 10.3. The molecule has 0 bridgehead atoms. The van der Waals surface area contributed by atoms with E-state index in [1.165, 1.54) is 6.07 Å². The van der Waals surface area contributed by atoms with Gasteiger partial charge in [-0.1, -0.05) is 0 Å². The number of anilines is 1. The van der Waals surface area contributed by atoms with Crippen molar-refractivity contribution in [2.75, 3.05) is 11.1 Å². The van der Waals surface area contributed by atoms with Crippen LogP contribution in [0.2, 0.25) is 0 Å². The lowest BCUT2D eigenvalue weighted by molar-refractivity contribution is -0.143. The molecular weight excluding hydrogens is 528 g/mol. The predicted molar refractivity (Wildman–Crippen MR) is 118 cm³/mol. The van der Waals surface area contributed by atoms with Crippen LogP contribution >= 0.6 is 0 Å². The van der Waals surface area contributed by atoms with Gasteiger partial charge in [0.25, 0.3) is 5.91 Å². The summed E-state index contributed by atoms with van der Waals surface area (Å²) in [7, 11) is -4.21. The van der Waals surface area contributed by atoms with Crippen LogP contribution in [0, 0.1) is 17.1 Å². The molecule has 0 aromatic heterocycles. The minimum Gasteiger partial charge on any atom is -0.481 e. The summed E-state index contributed by atoms with van der Waals surface area (Å²) < 4.78 is 76.6. The first-order valence-electron chi connectivity index (χ1n) is 9.96. The number of carbonyl (C=O) groups excluding carboxylic acids is 1. The maximum absolute atomic E-state index is 13.0. The van der Waals surface area contributed by atoms with Crippen molar-refractivity contribution in [1.82, 2.24) is 0 Å². The van der Waals surface area contributed by atoms with Crippen molar-refractivity contribution in [3.8, 4) is 6.07 Å². The van der Waals surface area contributed by atoms with Crippen molar-refractivity contribution in [2.24, 2.45) is 0 Å². The second-order valence-electron chi connectivity index (χ2n) is 7.60. The number of carboxylic acid groups (broad SMARTS) is 2. The van der Waals surface area contributed by atoms with Crippen LogP contribution in [0.1, 0.15) is 30.9 Å². The van der Waals surface area contributed by atoms with E-state index >= 15 is 0 Å². The van der Waals surface area contributed by atoms with E-state index in [9.17, 15) is 45.5 Å². The molecule has 0 radical (unpaired) electrons. The zero-order chi connectivity index (χ0) is 28.6. The Hall–Kier alpha value is -4.03. The van der Waals surface area contributed by atoms with Gasteiger partial charge in [-0.25, -0.2) is 12.8 Å². The Morgan fingerprint density at radius 1 is 1.00 bits per heavy atom. The number of aliphatic carboxylic acids is 2. The average Bonchev–Trinajstić information content (AvgIpc) is 2.77. The van der Waals surface area contributed by atoms with E-state index in [-0.39, 0.29) is 23.4 Å². The SMILES string of the molecule is CC(O)(CS(=O)(=O)c1ccc(F)cc1)C(=O)Nc1ccc(C#N)c(C(F)(F)F)c1.O=C(O)CCC(=O)O. The predicted octanol–water partition coefficient (Wildman–Crippen LogP) is 2.82. The number of alkyl halides is 3. The van der Waals surface area contributed by atoms with E-state index in [4.69, 9.17) is 15.5 Å². The number of hydrogen-bond donors (Lipinski definition) is 4. The summed E-state index contributed by atoms with van der Waals surface area (Å²) in [6.07, 6.45) is -5.45. The summed E-state index contributed by atoms with van der Waals surface area (Å²) >= 11 is 0. The van der Waals surface area contributed by atoms with Crippen molar-refractivity contribution in [1.29, 1.82) is 5.26 Å². The summed E-state index contributed by atoms with van der Waals surface area (Å²) in [4.78, 5) is 31.2. The molecule has 2 aromatic carbocycles. The van der Waals surface area contributed by atoms with E-state index in [1.54, 1.807) is 0 Å². The molecule has 0 aliphatic carbocycles. The third-order valence-corrected chi connectivity index (χ3v) is 6.32. The zero-order valence-electron chi connectivity index (χ0n) is 18.9. The third kappa shape index (κ3) is 9.86. The van der Waals surface area contributed by atoms with E-state index < -0.39 is 62.2 Å². The van der Waals surface area contributed by atoms with Crippen LogP contribution < -0.4 is 5.32 Å². The van der Waals surface area contributed by atoms with Crippen molar-refractivity contribution in [3.05, 3.63) is 59.4 Å². The fourth-order valence-corrected chi connectivity index (χ4v) is 4.18. The summed E-state index contributed by atoms with van der Waals surface area (Å²) in [5, 5.41) is 36.9. The minimum absolute atomic E-state index is 0.296. The summed E-state index contributed by atoms with van der Waals surface area (Å²) in [5.74, 6) is -5.21. The number of sulfone groups is 1. The van der Waals surface area contributed by atoms with Crippen LogP contribution in [0.15, 0.2) is 47.4 Å². The van der Waals surface area contributed by atoms with Crippen LogP contribution in [-0.4, -0.2) is 52.9 Å². The number of halogens is 4. The van der Waals surface area contributed by atoms with Gasteiger partial charge in [-0.05, 0) is 49.4 Å². The summed E-state index contributed by atoms with van der Waals surface area (Å²) in [5.41, 5.74) is -4.86. The number of nitrogens with one attached hydrogen (secondary N) is 1. The number of rotatable bonds is 8. The van der Waals surface area contributed by atoms with Gasteiger partial charge in [-0.2, -0.15) is 18.4 Å². The molecule has 4 N–H and O–H groups in total. The average molecular weight is 548 g/mol. The molecule has 0 spiro atoms. The largest absolute Gasteiger partial charge is 0.481 e. The number of carbonyl (C=O) groups is 3. The maximum atomic E-state index is 13.0. The van der Waals surface area contributed by atoms with Gasteiger partial charge in [-0.3, -0.25) is 14.4 Å². The van der Waals surface area contributed by atoms with Crippen molar-refractivity contribution in [3.63, 3.8) is 0 Å². The number of hydrogen-bond acceptors (Lipinski definition) is 7. The normalized spacial score (nSPS) is 12.8. The molecule has 0 fully saturated rings. The molecule has 15 heteroatoms. The van der Waals surface area contributed by atoms with Gasteiger partial charge in [-0.15, -0.1) is 0 Å². The minimum atomic E-state index is -4.86. The highest BCUT2D eigenvalue weighted by molar-refractivity contribution is 7.91. The van der Waals surface area contributed by atoms with Gasteiger partial charge in [0.2, 0.25) is 0 Å². The molecule has 2 aromatic rings. The molecule has 2 rings (SSSR count). The maximum Gasteiger partial charge on any atom is 0.417 e. The molecule has 0 saturated heterocycles. The standard InChI is InChI=1S/C18H14F4N2O4S.C4H6O4/c1-17(26,10-29(27,28)14-6-3-12(19)4-7-14)16(25)24-13-5-2-11(9-23)15(8-13)18(20,21)22;5-3(6)1-2-4(7)8/h2-8,26H,10H2,1H3,(H,24,25);1-2H2,(H,5,6)(H,7,8). The molecular formula is C22H20F4N2O8S. The van der Waals surface area contributed by atoms with Crippen LogP contribution in [0.3, 0.4) is 0 Å². The zero-order valence-corrected chi connectivity index (χ0v) is 19.7. The number of carboxylic acids is 2. The van der Waals surface area contributed by atoms with Crippen molar-refractivity contribution in [2.45, 2.75) is 36.4 Å². The van der Waals surface area contributed by atoms with Gasteiger partial charge in [0.1, 0.15) is 5.82 Å². The first kappa shape index (κ1) is 31.0. The van der Waals surface area contributed by atoms with Gasteiger partial charge >= 0.3 is 18.1 Å². The molecule has 0 heterocycles. The number of amides is 1. The lowest BCUT2D eigenvalue weighted by atomic mass is 10.1. The van der Waals surface area contributed by atoms with Gasteiger partial charge in [0.05, 0.1) is 40.7 Å². The molecule has 10 nitrogen and oxygen atoms in total. The molecule has 0 aliphatic heterocycles. The van der Waals surface area contributed by atoms with Crippen molar-refractivity contribution >= 4 is 33.4 Å². The number of aliphatic hydroxyl groups is 1. The highest BCUT2D eigenvalue weighted by Crippen LogP contribution is 2.33. The second-order valence-corrected chi connectivity index (χ2v) is 9.59. The first-order chi connectivity index (χ1) is 16.9. The van der Waals surface area contributed by atoms with Gasteiger partial charge < -0.3 is 20.6 Å². The van der Waals surface area contributed by atoms with Gasteiger partial charge in [0.15, 0.2) is 15.4 Å². The van der Waals surface area contributed by atoms with E-state index in [0.717, 1.165) is 43.3 Å². The number of benzene rings is 2. The lowest BCUT2D eigenvalue weighted by Crippen LogP contribution is -2.45. The van der Waals surface area contributed by atoms with E-state index in [0.29, 0.717) is 6.07 Å². The summed E-state index contributed by atoms with van der Waals surface area (Å²) in [6.45, 7) is 0.873. The fourth-order valence-electron chi connectivity index (χ4n) is 2.59. The molecule has 37 heavy (non-hydrogen) atoms. The second kappa shape index (κ2) is 12.3. The van der Waals surface area contributed by atoms with E-state index in [2.05, 4.69) is 0 Å². The van der Waals surface area contributed by atoms with Gasteiger partial charge in [0, 0.05) is 5.69 Å². The Morgan fingerprint density at radius 2 is 1.51 bits per heavy atom. The first-order valence-corrected chi connectivity index (χ1v) is 11.6. The summed E-state index contributed by atoms with van der Waals surface area (Å²) in [6, 6.07) is 7.40. The van der Waals surface area contributed by atoms with Crippen LogP contribution in [0.4, 0.5) is 23.2 Å². The number of nitrogens with zero attached hydrogens (tertiary/aromatic N) is 1. The quantitative estimate of drug-likeness (QED) is 0.285. The highest BCUT2D eigenvalue weighted by atomic mass is 32.2. The Morgan fingerprint density at radius 3 is 1.95 bits per heavy atom. The Labute approximate surface area is 207 Å². The topological polar surface area (TPSA) is 182 Å². The van der Waals surface area contributed by atoms with Crippen LogP contribution in [-0.2, 0) is 30.4 Å². The monoisotopic (exact) mass is 548 g/mol. The Bertz CT molecular complexity index is 1290.